The Balaban J connectivity index is 0.00000196. The summed E-state index contributed by atoms with van der Waals surface area (Å²) >= 11 is 0. The lowest BCUT2D eigenvalue weighted by Gasteiger charge is -2.11. The van der Waals surface area contributed by atoms with Gasteiger partial charge in [-0.25, -0.2) is 4.39 Å². The fourth-order valence-corrected chi connectivity index (χ4v) is 1.14. The highest BCUT2D eigenvalue weighted by molar-refractivity contribution is 5.85. The maximum Gasteiger partial charge on any atom is 0.197 e. The summed E-state index contributed by atoms with van der Waals surface area (Å²) in [5.74, 6) is -0.00861. The number of hydrogen-bond donors (Lipinski definition) is 1. The van der Waals surface area contributed by atoms with Crippen LogP contribution in [0.2, 0.25) is 0 Å². The third kappa shape index (κ3) is 3.47. The van der Waals surface area contributed by atoms with Gasteiger partial charge in [0.15, 0.2) is 17.3 Å². The largest absolute Gasteiger partial charge is 0.490 e. The zero-order chi connectivity index (χ0) is 10.6. The Labute approximate surface area is 94.8 Å². The van der Waals surface area contributed by atoms with Crippen LogP contribution < -0.4 is 15.2 Å². The molecule has 1 aromatic carbocycles. The van der Waals surface area contributed by atoms with Crippen molar-refractivity contribution in [2.75, 3.05) is 18.9 Å². The molecule has 0 heterocycles. The molecule has 3 nitrogen and oxygen atoms in total. The lowest BCUT2D eigenvalue weighted by Crippen LogP contribution is -2.01. The van der Waals surface area contributed by atoms with Crippen LogP contribution in [0.15, 0.2) is 12.1 Å². The summed E-state index contributed by atoms with van der Waals surface area (Å²) in [6.45, 7) is 4.44. The van der Waals surface area contributed by atoms with Gasteiger partial charge in [-0.2, -0.15) is 0 Å². The molecular weight excluding hydrogens is 221 g/mol. The lowest BCUT2D eigenvalue weighted by molar-refractivity contribution is 0.276. The van der Waals surface area contributed by atoms with Crippen LogP contribution in [0.25, 0.3) is 0 Å². The Morgan fingerprint density at radius 1 is 1.20 bits per heavy atom. The number of nitrogen functional groups attached to an aromatic ring is 1. The Bertz CT molecular complexity index is 321. The fourth-order valence-electron chi connectivity index (χ4n) is 1.14. The van der Waals surface area contributed by atoms with Crippen LogP contribution in [0.3, 0.4) is 0 Å². The molecule has 0 unspecified atom stereocenters. The van der Waals surface area contributed by atoms with Crippen molar-refractivity contribution in [2.24, 2.45) is 0 Å². The van der Waals surface area contributed by atoms with Crippen LogP contribution in [-0.4, -0.2) is 13.2 Å². The predicted molar refractivity (Wildman–Crippen MR) is 60.4 cm³/mol. The summed E-state index contributed by atoms with van der Waals surface area (Å²) in [5.41, 5.74) is 5.81. The Kier molecular flexibility index (Phi) is 5.86. The third-order valence-corrected chi connectivity index (χ3v) is 1.62. The van der Waals surface area contributed by atoms with E-state index in [2.05, 4.69) is 0 Å². The van der Waals surface area contributed by atoms with Gasteiger partial charge in [0.25, 0.3) is 0 Å². The predicted octanol–water partition coefficient (Wildman–Crippen LogP) is 2.63. The van der Waals surface area contributed by atoms with E-state index in [9.17, 15) is 4.39 Å². The maximum atomic E-state index is 13.3. The molecule has 0 atom stereocenters. The van der Waals surface area contributed by atoms with Gasteiger partial charge in [0, 0.05) is 17.8 Å². The number of anilines is 1. The van der Waals surface area contributed by atoms with Crippen molar-refractivity contribution < 1.29 is 13.9 Å². The first-order valence-corrected chi connectivity index (χ1v) is 4.53. The molecule has 0 aliphatic rings. The van der Waals surface area contributed by atoms with E-state index < -0.39 is 5.82 Å². The average Bonchev–Trinajstić information content (AvgIpc) is 2.11. The number of rotatable bonds is 4. The Morgan fingerprint density at radius 2 is 1.80 bits per heavy atom. The number of halogens is 2. The highest BCUT2D eigenvalue weighted by atomic mass is 35.5. The number of benzene rings is 1. The molecule has 1 rings (SSSR count). The van der Waals surface area contributed by atoms with E-state index in [-0.39, 0.29) is 18.2 Å². The van der Waals surface area contributed by atoms with E-state index in [4.69, 9.17) is 15.2 Å². The molecule has 1 aromatic rings. The van der Waals surface area contributed by atoms with Crippen molar-refractivity contribution in [3.05, 3.63) is 17.9 Å². The summed E-state index contributed by atoms with van der Waals surface area (Å²) in [6.07, 6.45) is 0. The van der Waals surface area contributed by atoms with Gasteiger partial charge in [0.1, 0.15) is 0 Å². The molecule has 0 saturated carbocycles. The van der Waals surface area contributed by atoms with Crippen LogP contribution in [-0.2, 0) is 0 Å². The van der Waals surface area contributed by atoms with Crippen molar-refractivity contribution >= 4 is 18.1 Å². The molecule has 0 saturated heterocycles. The standard InChI is InChI=1S/C10H14FNO2.ClH/c1-3-13-9-6-7(12)5-8(11)10(9)14-4-2;/h5-6H,3-4,12H2,1-2H3;1H. The summed E-state index contributed by atoms with van der Waals surface area (Å²) in [4.78, 5) is 0. The average molecular weight is 236 g/mol. The van der Waals surface area contributed by atoms with E-state index >= 15 is 0 Å². The van der Waals surface area contributed by atoms with E-state index in [0.717, 1.165) is 0 Å². The first-order chi connectivity index (χ1) is 6.69. The van der Waals surface area contributed by atoms with Gasteiger partial charge in [-0.3, -0.25) is 0 Å². The quantitative estimate of drug-likeness (QED) is 0.816. The van der Waals surface area contributed by atoms with Gasteiger partial charge in [-0.15, -0.1) is 12.4 Å². The van der Waals surface area contributed by atoms with E-state index in [1.807, 2.05) is 6.92 Å². The highest BCUT2D eigenvalue weighted by Gasteiger charge is 2.11. The topological polar surface area (TPSA) is 44.5 Å². The van der Waals surface area contributed by atoms with Crippen molar-refractivity contribution in [3.63, 3.8) is 0 Å². The summed E-state index contributed by atoms with van der Waals surface area (Å²) < 4.78 is 23.7. The molecule has 0 radical (unpaired) electrons. The SMILES string of the molecule is CCOc1cc(N)cc(F)c1OCC.Cl. The second kappa shape index (κ2) is 6.35. The monoisotopic (exact) mass is 235 g/mol. The molecule has 0 fully saturated rings. The molecule has 2 N–H and O–H groups in total. The lowest BCUT2D eigenvalue weighted by atomic mass is 10.2. The number of nitrogens with two attached hydrogens (primary N) is 1. The van der Waals surface area contributed by atoms with Gasteiger partial charge >= 0.3 is 0 Å². The molecule has 0 bridgehead atoms. The summed E-state index contributed by atoms with van der Waals surface area (Å²) in [5, 5.41) is 0. The van der Waals surface area contributed by atoms with Gasteiger partial charge in [0.2, 0.25) is 0 Å². The van der Waals surface area contributed by atoms with Crippen molar-refractivity contribution in [2.45, 2.75) is 13.8 Å². The van der Waals surface area contributed by atoms with Crippen LogP contribution in [0.1, 0.15) is 13.8 Å². The first kappa shape index (κ1) is 13.8. The van der Waals surface area contributed by atoms with Gasteiger partial charge in [-0.1, -0.05) is 0 Å². The second-order valence-electron chi connectivity index (χ2n) is 2.70. The third-order valence-electron chi connectivity index (χ3n) is 1.62. The molecule has 0 aliphatic heterocycles. The van der Waals surface area contributed by atoms with Crippen LogP contribution in [0, 0.1) is 5.82 Å². The second-order valence-corrected chi connectivity index (χ2v) is 2.70. The normalized spacial score (nSPS) is 9.27. The van der Waals surface area contributed by atoms with Crippen LogP contribution >= 0.6 is 12.4 Å². The highest BCUT2D eigenvalue weighted by Crippen LogP contribution is 2.32. The molecule has 0 aromatic heterocycles. The number of hydrogen-bond acceptors (Lipinski definition) is 3. The van der Waals surface area contributed by atoms with E-state index in [1.54, 1.807) is 13.0 Å². The minimum atomic E-state index is -0.490. The molecule has 0 spiro atoms. The Hall–Kier alpha value is -1.16. The first-order valence-electron chi connectivity index (χ1n) is 4.53. The van der Waals surface area contributed by atoms with Gasteiger partial charge in [0.05, 0.1) is 13.2 Å². The summed E-state index contributed by atoms with van der Waals surface area (Å²) in [7, 11) is 0. The molecule has 0 aliphatic carbocycles. The van der Waals surface area contributed by atoms with Crippen LogP contribution in [0.5, 0.6) is 11.5 Å². The molecule has 5 heteroatoms. The minimum absolute atomic E-state index is 0. The smallest absolute Gasteiger partial charge is 0.197 e. The summed E-state index contributed by atoms with van der Waals surface area (Å²) in [6, 6.07) is 2.77. The van der Waals surface area contributed by atoms with Gasteiger partial charge in [-0.05, 0) is 13.8 Å². The minimum Gasteiger partial charge on any atom is -0.490 e. The zero-order valence-corrected chi connectivity index (χ0v) is 9.57. The maximum absolute atomic E-state index is 13.3. The van der Waals surface area contributed by atoms with E-state index in [1.165, 1.54) is 6.07 Å². The zero-order valence-electron chi connectivity index (χ0n) is 8.75. The molecule has 15 heavy (non-hydrogen) atoms. The Morgan fingerprint density at radius 3 is 2.33 bits per heavy atom. The van der Waals surface area contributed by atoms with Crippen molar-refractivity contribution in [1.29, 1.82) is 0 Å². The molecule has 86 valence electrons. The van der Waals surface area contributed by atoms with Crippen LogP contribution in [0.4, 0.5) is 10.1 Å². The molecule has 0 amide bonds. The van der Waals surface area contributed by atoms with E-state index in [0.29, 0.717) is 24.7 Å². The van der Waals surface area contributed by atoms with Crippen molar-refractivity contribution in [3.8, 4) is 11.5 Å². The fraction of sp³-hybridized carbons (Fsp3) is 0.400. The molecular formula is C10H15ClFNO2. The number of ether oxygens (including phenoxy) is 2. The van der Waals surface area contributed by atoms with Crippen molar-refractivity contribution in [1.82, 2.24) is 0 Å². The van der Waals surface area contributed by atoms with Gasteiger partial charge < -0.3 is 15.2 Å².